The molecule has 0 fully saturated rings. The van der Waals surface area contributed by atoms with Gasteiger partial charge in [-0.25, -0.2) is 8.78 Å². The molecule has 2 heterocycles. The van der Waals surface area contributed by atoms with Crippen LogP contribution in [0.3, 0.4) is 0 Å². The Kier molecular flexibility index (Phi) is 3.71. The van der Waals surface area contributed by atoms with Crippen molar-refractivity contribution >= 4 is 22.4 Å². The van der Waals surface area contributed by atoms with E-state index >= 15 is 0 Å². The number of rotatable bonds is 4. The van der Waals surface area contributed by atoms with Crippen LogP contribution in [0.4, 0.5) is 19.6 Å². The van der Waals surface area contributed by atoms with Crippen LogP contribution in [0.2, 0.25) is 0 Å². The molecular weight excluding hydrogens is 258 g/mol. The molecule has 7 heteroatoms. The smallest absolute Gasteiger partial charge is 0.255 e. The van der Waals surface area contributed by atoms with Gasteiger partial charge >= 0.3 is 0 Å². The lowest BCUT2D eigenvalue weighted by atomic mass is 10.1. The van der Waals surface area contributed by atoms with Gasteiger partial charge in [0.05, 0.1) is 12.1 Å². The van der Waals surface area contributed by atoms with E-state index in [2.05, 4.69) is 9.36 Å². The standard InChI is InChI=1S/C11H12F2N4S/c1-17(6-8(12)13)11-9(10(14)16-18-11)7-3-2-4-15-5-7/h2-5,8H,6H2,1H3,(H2,14,16). The van der Waals surface area contributed by atoms with E-state index in [0.29, 0.717) is 16.4 Å². The molecule has 0 aliphatic rings. The highest BCUT2D eigenvalue weighted by atomic mass is 32.1. The lowest BCUT2D eigenvalue weighted by Gasteiger charge is -2.17. The van der Waals surface area contributed by atoms with Gasteiger partial charge in [0.2, 0.25) is 0 Å². The first-order chi connectivity index (χ1) is 8.59. The number of hydrogen-bond acceptors (Lipinski definition) is 5. The number of alkyl halides is 2. The third kappa shape index (κ3) is 2.56. The van der Waals surface area contributed by atoms with Crippen LogP contribution in [-0.2, 0) is 0 Å². The predicted octanol–water partition coefficient (Wildman–Crippen LogP) is 2.49. The molecule has 0 aromatic carbocycles. The van der Waals surface area contributed by atoms with E-state index in [-0.39, 0.29) is 6.54 Å². The minimum Gasteiger partial charge on any atom is -0.382 e. The fourth-order valence-corrected chi connectivity index (χ4v) is 2.43. The number of pyridine rings is 1. The van der Waals surface area contributed by atoms with Gasteiger partial charge in [0.25, 0.3) is 6.43 Å². The Morgan fingerprint density at radius 3 is 2.89 bits per heavy atom. The van der Waals surface area contributed by atoms with Crippen molar-refractivity contribution in [3.8, 4) is 11.1 Å². The Morgan fingerprint density at radius 1 is 1.50 bits per heavy atom. The van der Waals surface area contributed by atoms with E-state index < -0.39 is 6.43 Å². The minimum atomic E-state index is -2.40. The number of nitrogens with two attached hydrogens (primary N) is 1. The maximum absolute atomic E-state index is 12.4. The summed E-state index contributed by atoms with van der Waals surface area (Å²) in [6, 6.07) is 3.59. The number of aromatic nitrogens is 2. The van der Waals surface area contributed by atoms with Crippen molar-refractivity contribution < 1.29 is 8.78 Å². The summed E-state index contributed by atoms with van der Waals surface area (Å²) >= 11 is 1.11. The van der Waals surface area contributed by atoms with Crippen LogP contribution in [-0.4, -0.2) is 29.4 Å². The summed E-state index contributed by atoms with van der Waals surface area (Å²) in [7, 11) is 1.60. The second kappa shape index (κ2) is 5.26. The SMILES string of the molecule is CN(CC(F)F)c1snc(N)c1-c1cccnc1. The summed E-state index contributed by atoms with van der Waals surface area (Å²) in [6.07, 6.45) is 0.877. The van der Waals surface area contributed by atoms with Gasteiger partial charge in [0, 0.05) is 25.0 Å². The van der Waals surface area contributed by atoms with Gasteiger partial charge in [-0.3, -0.25) is 4.98 Å². The van der Waals surface area contributed by atoms with Crippen molar-refractivity contribution in [2.24, 2.45) is 0 Å². The average Bonchev–Trinajstić information content (AvgIpc) is 2.71. The van der Waals surface area contributed by atoms with Gasteiger partial charge in [-0.15, -0.1) is 0 Å². The molecule has 0 atom stereocenters. The fraction of sp³-hybridized carbons (Fsp3) is 0.273. The molecule has 0 amide bonds. The third-order valence-electron chi connectivity index (χ3n) is 2.41. The summed E-state index contributed by atoms with van der Waals surface area (Å²) in [5.41, 5.74) is 7.24. The molecule has 0 radical (unpaired) electrons. The lowest BCUT2D eigenvalue weighted by Crippen LogP contribution is -2.23. The summed E-state index contributed by atoms with van der Waals surface area (Å²) in [5.74, 6) is 0.337. The van der Waals surface area contributed by atoms with Crippen LogP contribution in [0, 0.1) is 0 Å². The van der Waals surface area contributed by atoms with E-state index in [1.165, 1.54) is 4.90 Å². The molecule has 0 saturated heterocycles. The number of nitrogen functional groups attached to an aromatic ring is 1. The molecule has 96 valence electrons. The van der Waals surface area contributed by atoms with Gasteiger partial charge < -0.3 is 10.6 Å². The zero-order valence-electron chi connectivity index (χ0n) is 9.68. The van der Waals surface area contributed by atoms with Crippen molar-refractivity contribution in [3.05, 3.63) is 24.5 Å². The zero-order valence-corrected chi connectivity index (χ0v) is 10.5. The van der Waals surface area contributed by atoms with Crippen LogP contribution in [0.25, 0.3) is 11.1 Å². The van der Waals surface area contributed by atoms with Crippen LogP contribution in [0.1, 0.15) is 0 Å². The lowest BCUT2D eigenvalue weighted by molar-refractivity contribution is 0.156. The Balaban J connectivity index is 2.39. The first kappa shape index (κ1) is 12.7. The summed E-state index contributed by atoms with van der Waals surface area (Å²) in [4.78, 5) is 5.46. The summed E-state index contributed by atoms with van der Waals surface area (Å²) < 4.78 is 28.8. The van der Waals surface area contributed by atoms with Crippen LogP contribution < -0.4 is 10.6 Å². The molecule has 2 aromatic rings. The van der Waals surface area contributed by atoms with Crippen LogP contribution in [0.5, 0.6) is 0 Å². The second-order valence-electron chi connectivity index (χ2n) is 3.76. The maximum Gasteiger partial charge on any atom is 0.255 e. The molecule has 0 spiro atoms. The Labute approximate surface area is 107 Å². The van der Waals surface area contributed by atoms with Crippen LogP contribution >= 0.6 is 11.5 Å². The zero-order chi connectivity index (χ0) is 13.1. The first-order valence-corrected chi connectivity index (χ1v) is 6.01. The van der Waals surface area contributed by atoms with Crippen molar-refractivity contribution in [2.45, 2.75) is 6.43 Å². The van der Waals surface area contributed by atoms with Crippen molar-refractivity contribution in [1.29, 1.82) is 0 Å². The van der Waals surface area contributed by atoms with Gasteiger partial charge in [-0.05, 0) is 17.6 Å². The van der Waals surface area contributed by atoms with Crippen molar-refractivity contribution in [2.75, 3.05) is 24.2 Å². The second-order valence-corrected chi connectivity index (χ2v) is 4.51. The van der Waals surface area contributed by atoms with Gasteiger partial charge in [-0.2, -0.15) is 4.37 Å². The van der Waals surface area contributed by atoms with E-state index in [9.17, 15) is 8.78 Å². The maximum atomic E-state index is 12.4. The van der Waals surface area contributed by atoms with E-state index in [1.807, 2.05) is 6.07 Å². The molecule has 2 rings (SSSR count). The largest absolute Gasteiger partial charge is 0.382 e. The Morgan fingerprint density at radius 2 is 2.28 bits per heavy atom. The molecular formula is C11H12F2N4S. The van der Waals surface area contributed by atoms with E-state index in [4.69, 9.17) is 5.73 Å². The molecule has 18 heavy (non-hydrogen) atoms. The molecule has 0 bridgehead atoms. The summed E-state index contributed by atoms with van der Waals surface area (Å²) in [6.45, 7) is -0.352. The first-order valence-electron chi connectivity index (χ1n) is 5.24. The highest BCUT2D eigenvalue weighted by Crippen LogP contribution is 2.38. The number of hydrogen-bond donors (Lipinski definition) is 1. The minimum absolute atomic E-state index is 0.337. The Bertz CT molecular complexity index is 515. The quantitative estimate of drug-likeness (QED) is 0.927. The number of nitrogens with zero attached hydrogens (tertiary/aromatic N) is 3. The van der Waals surface area contributed by atoms with E-state index in [0.717, 1.165) is 17.1 Å². The highest BCUT2D eigenvalue weighted by Gasteiger charge is 2.19. The third-order valence-corrected chi connectivity index (χ3v) is 3.39. The van der Waals surface area contributed by atoms with Crippen LogP contribution in [0.15, 0.2) is 24.5 Å². The molecule has 2 N–H and O–H groups in total. The topological polar surface area (TPSA) is 55.0 Å². The molecule has 4 nitrogen and oxygen atoms in total. The average molecular weight is 270 g/mol. The van der Waals surface area contributed by atoms with Gasteiger partial charge in [0.1, 0.15) is 10.8 Å². The monoisotopic (exact) mass is 270 g/mol. The Hall–Kier alpha value is -1.76. The molecule has 0 saturated carbocycles. The normalized spacial score (nSPS) is 10.9. The fourth-order valence-electron chi connectivity index (χ4n) is 1.63. The highest BCUT2D eigenvalue weighted by molar-refractivity contribution is 7.11. The molecule has 0 aliphatic carbocycles. The van der Waals surface area contributed by atoms with Crippen molar-refractivity contribution in [3.63, 3.8) is 0 Å². The molecule has 2 aromatic heterocycles. The predicted molar refractivity (Wildman–Crippen MR) is 69.0 cm³/mol. The number of halogens is 2. The molecule has 0 aliphatic heterocycles. The number of anilines is 2. The van der Waals surface area contributed by atoms with Gasteiger partial charge in [-0.1, -0.05) is 6.07 Å². The molecule has 0 unspecified atom stereocenters. The van der Waals surface area contributed by atoms with Gasteiger partial charge in [0.15, 0.2) is 0 Å². The van der Waals surface area contributed by atoms with Crippen molar-refractivity contribution in [1.82, 2.24) is 9.36 Å². The van der Waals surface area contributed by atoms with E-state index in [1.54, 1.807) is 25.5 Å². The summed E-state index contributed by atoms with van der Waals surface area (Å²) in [5, 5.41) is 0.626.